The molecule has 0 atom stereocenters. The molecular weight excluding hydrogens is 372 g/mol. The fourth-order valence-electron chi connectivity index (χ4n) is 3.08. The number of ether oxygens (including phenoxy) is 1. The Morgan fingerprint density at radius 2 is 1.69 bits per heavy atom. The zero-order chi connectivity index (χ0) is 18.6. The minimum atomic E-state index is -3.31. The molecule has 0 amide bonds. The van der Waals surface area contributed by atoms with Gasteiger partial charge in [0.15, 0.2) is 0 Å². The van der Waals surface area contributed by atoms with Crippen LogP contribution in [0.15, 0.2) is 48.5 Å². The van der Waals surface area contributed by atoms with Crippen LogP contribution in [0.1, 0.15) is 11.1 Å². The largest absolute Gasteiger partial charge is 0.497 e. The number of hydrogen-bond donors (Lipinski definition) is 0. The molecule has 0 spiro atoms. The Bertz CT molecular complexity index is 832. The van der Waals surface area contributed by atoms with E-state index in [0.717, 1.165) is 30.9 Å². The van der Waals surface area contributed by atoms with E-state index in [4.69, 9.17) is 16.3 Å². The zero-order valence-corrected chi connectivity index (χ0v) is 16.3. The molecular formula is C19H23ClN2O3S. The van der Waals surface area contributed by atoms with Crippen molar-refractivity contribution in [2.75, 3.05) is 33.3 Å². The van der Waals surface area contributed by atoms with E-state index in [2.05, 4.69) is 11.0 Å². The predicted octanol–water partition coefficient (Wildman–Crippen LogP) is 3.00. The molecule has 0 aromatic heterocycles. The van der Waals surface area contributed by atoms with Gasteiger partial charge in [-0.05, 0) is 35.4 Å². The maximum Gasteiger partial charge on any atom is 0.218 e. The number of halogens is 1. The molecule has 0 unspecified atom stereocenters. The Morgan fingerprint density at radius 1 is 1.00 bits per heavy atom. The molecule has 0 radical (unpaired) electrons. The van der Waals surface area contributed by atoms with Crippen molar-refractivity contribution in [2.24, 2.45) is 0 Å². The molecule has 0 saturated carbocycles. The van der Waals surface area contributed by atoms with Crippen molar-refractivity contribution in [3.8, 4) is 5.75 Å². The van der Waals surface area contributed by atoms with Crippen LogP contribution >= 0.6 is 11.6 Å². The first-order chi connectivity index (χ1) is 12.5. The van der Waals surface area contributed by atoms with Crippen LogP contribution in [-0.4, -0.2) is 50.9 Å². The van der Waals surface area contributed by atoms with Crippen molar-refractivity contribution in [2.45, 2.75) is 12.3 Å². The number of hydrogen-bond acceptors (Lipinski definition) is 4. The van der Waals surface area contributed by atoms with Gasteiger partial charge >= 0.3 is 0 Å². The van der Waals surface area contributed by atoms with Crippen LogP contribution in [0.5, 0.6) is 5.75 Å². The molecule has 0 aliphatic carbocycles. The average Bonchev–Trinajstić information content (AvgIpc) is 2.64. The first-order valence-electron chi connectivity index (χ1n) is 8.54. The molecule has 2 aromatic carbocycles. The summed E-state index contributed by atoms with van der Waals surface area (Å²) in [7, 11) is -1.66. The summed E-state index contributed by atoms with van der Waals surface area (Å²) in [4.78, 5) is 2.27. The van der Waals surface area contributed by atoms with E-state index < -0.39 is 10.0 Å². The van der Waals surface area contributed by atoms with E-state index in [1.807, 2.05) is 18.2 Å². The lowest BCUT2D eigenvalue weighted by Crippen LogP contribution is -2.48. The van der Waals surface area contributed by atoms with Gasteiger partial charge in [-0.1, -0.05) is 35.9 Å². The van der Waals surface area contributed by atoms with E-state index in [1.54, 1.807) is 35.7 Å². The highest BCUT2D eigenvalue weighted by Gasteiger charge is 2.27. The van der Waals surface area contributed by atoms with Gasteiger partial charge in [0.05, 0.1) is 12.9 Å². The third-order valence-corrected chi connectivity index (χ3v) is 6.63. The highest BCUT2D eigenvalue weighted by Crippen LogP contribution is 2.18. The standard InChI is InChI=1S/C19H23ClN2O3S/c1-25-19-4-2-3-17(13-19)14-21-9-11-22(12-10-21)26(23,24)15-16-5-7-18(20)8-6-16/h2-8,13H,9-12,14-15H2,1H3. The number of methoxy groups -OCH3 is 1. The lowest BCUT2D eigenvalue weighted by atomic mass is 10.2. The number of benzene rings is 2. The highest BCUT2D eigenvalue weighted by atomic mass is 35.5. The van der Waals surface area contributed by atoms with E-state index in [-0.39, 0.29) is 5.75 Å². The second-order valence-corrected chi connectivity index (χ2v) is 8.81. The smallest absolute Gasteiger partial charge is 0.218 e. The third kappa shape index (κ3) is 4.98. The van der Waals surface area contributed by atoms with E-state index in [9.17, 15) is 8.42 Å². The summed E-state index contributed by atoms with van der Waals surface area (Å²) in [6.07, 6.45) is 0. The van der Waals surface area contributed by atoms with Crippen LogP contribution in [0.25, 0.3) is 0 Å². The number of nitrogens with zero attached hydrogens (tertiary/aromatic N) is 2. The van der Waals surface area contributed by atoms with Gasteiger partial charge in [-0.3, -0.25) is 4.90 Å². The molecule has 5 nitrogen and oxygen atoms in total. The lowest BCUT2D eigenvalue weighted by molar-refractivity contribution is 0.181. The summed E-state index contributed by atoms with van der Waals surface area (Å²) in [6.45, 7) is 3.26. The third-order valence-electron chi connectivity index (χ3n) is 4.53. The monoisotopic (exact) mass is 394 g/mol. The van der Waals surface area contributed by atoms with E-state index in [1.165, 1.54) is 5.56 Å². The van der Waals surface area contributed by atoms with Gasteiger partial charge in [0.1, 0.15) is 5.75 Å². The Morgan fingerprint density at radius 3 is 2.35 bits per heavy atom. The summed E-state index contributed by atoms with van der Waals surface area (Å²) >= 11 is 5.86. The molecule has 7 heteroatoms. The van der Waals surface area contributed by atoms with Gasteiger partial charge < -0.3 is 4.74 Å². The number of piperazine rings is 1. The first-order valence-corrected chi connectivity index (χ1v) is 10.5. The summed E-state index contributed by atoms with van der Waals surface area (Å²) in [5, 5.41) is 0.609. The van der Waals surface area contributed by atoms with Gasteiger partial charge in [0, 0.05) is 37.7 Å². The quantitative estimate of drug-likeness (QED) is 0.755. The zero-order valence-electron chi connectivity index (χ0n) is 14.8. The van der Waals surface area contributed by atoms with Crippen LogP contribution in [-0.2, 0) is 22.3 Å². The minimum absolute atomic E-state index is 0.0139. The lowest BCUT2D eigenvalue weighted by Gasteiger charge is -2.34. The van der Waals surface area contributed by atoms with Crippen molar-refractivity contribution in [3.05, 3.63) is 64.7 Å². The fraction of sp³-hybridized carbons (Fsp3) is 0.368. The number of sulfonamides is 1. The van der Waals surface area contributed by atoms with Gasteiger partial charge in [-0.25, -0.2) is 8.42 Å². The summed E-state index contributed by atoms with van der Waals surface area (Å²) in [5.41, 5.74) is 1.93. The molecule has 140 valence electrons. The molecule has 1 aliphatic rings. The first kappa shape index (κ1) is 19.2. The SMILES string of the molecule is COc1cccc(CN2CCN(S(=O)(=O)Cc3ccc(Cl)cc3)CC2)c1. The van der Waals surface area contributed by atoms with Crippen LogP contribution in [0.2, 0.25) is 5.02 Å². The van der Waals surface area contributed by atoms with Crippen molar-refractivity contribution in [3.63, 3.8) is 0 Å². The van der Waals surface area contributed by atoms with Crippen LogP contribution in [0.3, 0.4) is 0 Å². The molecule has 3 rings (SSSR count). The molecule has 1 heterocycles. The Kier molecular flexibility index (Phi) is 6.19. The van der Waals surface area contributed by atoms with Crippen molar-refractivity contribution >= 4 is 21.6 Å². The number of rotatable bonds is 6. The van der Waals surface area contributed by atoms with Crippen LogP contribution < -0.4 is 4.74 Å². The maximum atomic E-state index is 12.6. The highest BCUT2D eigenvalue weighted by molar-refractivity contribution is 7.88. The molecule has 1 saturated heterocycles. The van der Waals surface area contributed by atoms with Gasteiger partial charge in [0.25, 0.3) is 0 Å². The Hall–Kier alpha value is -1.60. The van der Waals surface area contributed by atoms with E-state index in [0.29, 0.717) is 18.1 Å². The molecule has 26 heavy (non-hydrogen) atoms. The van der Waals surface area contributed by atoms with Crippen molar-refractivity contribution in [1.29, 1.82) is 0 Å². The van der Waals surface area contributed by atoms with Crippen LogP contribution in [0.4, 0.5) is 0 Å². The fourth-order valence-corrected chi connectivity index (χ4v) is 4.72. The topological polar surface area (TPSA) is 49.9 Å². The molecule has 1 fully saturated rings. The predicted molar refractivity (Wildman–Crippen MR) is 104 cm³/mol. The molecule has 0 N–H and O–H groups in total. The minimum Gasteiger partial charge on any atom is -0.497 e. The van der Waals surface area contributed by atoms with Gasteiger partial charge in [0.2, 0.25) is 10.0 Å². The summed E-state index contributed by atoms with van der Waals surface area (Å²) in [5.74, 6) is 0.853. The molecule has 2 aromatic rings. The van der Waals surface area contributed by atoms with Crippen molar-refractivity contribution < 1.29 is 13.2 Å². The second-order valence-electron chi connectivity index (χ2n) is 6.41. The van der Waals surface area contributed by atoms with Crippen molar-refractivity contribution in [1.82, 2.24) is 9.21 Å². The summed E-state index contributed by atoms with van der Waals surface area (Å²) < 4.78 is 32.1. The second kappa shape index (κ2) is 8.39. The normalized spacial score (nSPS) is 16.5. The summed E-state index contributed by atoms with van der Waals surface area (Å²) in [6, 6.07) is 14.9. The maximum absolute atomic E-state index is 12.6. The van der Waals surface area contributed by atoms with Gasteiger partial charge in [-0.2, -0.15) is 4.31 Å². The Balaban J connectivity index is 1.56. The van der Waals surface area contributed by atoms with Gasteiger partial charge in [-0.15, -0.1) is 0 Å². The van der Waals surface area contributed by atoms with Crippen LogP contribution in [0, 0.1) is 0 Å². The molecule has 1 aliphatic heterocycles. The molecule has 0 bridgehead atoms. The van der Waals surface area contributed by atoms with E-state index >= 15 is 0 Å². The Labute approximate surface area is 160 Å². The average molecular weight is 395 g/mol.